The molecule has 1 fully saturated rings. The van der Waals surface area contributed by atoms with Gasteiger partial charge in [0.25, 0.3) is 0 Å². The summed E-state index contributed by atoms with van der Waals surface area (Å²) < 4.78 is 4.73. The van der Waals surface area contributed by atoms with Crippen molar-refractivity contribution in [1.29, 1.82) is 0 Å². The first-order valence-corrected chi connectivity index (χ1v) is 6.81. The number of hydrogen-bond acceptors (Lipinski definition) is 6. The number of nitrogens with zero attached hydrogens (tertiary/aromatic N) is 2. The van der Waals surface area contributed by atoms with Crippen molar-refractivity contribution in [2.24, 2.45) is 5.41 Å². The van der Waals surface area contributed by atoms with Gasteiger partial charge in [-0.2, -0.15) is 0 Å². The van der Waals surface area contributed by atoms with Crippen LogP contribution in [0.15, 0.2) is 11.4 Å². The van der Waals surface area contributed by atoms with Crippen molar-refractivity contribution < 1.29 is 9.53 Å². The number of aromatic nitrogens is 2. The minimum atomic E-state index is -0.132. The van der Waals surface area contributed by atoms with Gasteiger partial charge in [-0.1, -0.05) is 0 Å². The topological polar surface area (TPSA) is 78.1 Å². The smallest absolute Gasteiger partial charge is 0.306 e. The van der Waals surface area contributed by atoms with Gasteiger partial charge >= 0.3 is 5.97 Å². The molecular formula is C12H17N3O2S. The molecule has 98 valence electrons. The molecule has 1 aliphatic carbocycles. The highest BCUT2D eigenvalue weighted by atomic mass is 32.2. The Morgan fingerprint density at radius 2 is 2.28 bits per heavy atom. The Labute approximate surface area is 111 Å². The number of methoxy groups -OCH3 is 1. The number of nitrogen functional groups attached to an aromatic ring is 1. The molecule has 5 nitrogen and oxygen atoms in total. The second-order valence-corrected chi connectivity index (χ2v) is 5.69. The highest BCUT2D eigenvalue weighted by Gasteiger charge is 2.44. The Balaban J connectivity index is 1.95. The Bertz CT molecular complexity index is 461. The maximum Gasteiger partial charge on any atom is 0.306 e. The number of ether oxygens (including phenoxy) is 1. The summed E-state index contributed by atoms with van der Waals surface area (Å²) in [4.78, 5) is 19.5. The Hall–Kier alpha value is -1.30. The van der Waals surface area contributed by atoms with E-state index >= 15 is 0 Å². The van der Waals surface area contributed by atoms with Crippen LogP contribution in [0.25, 0.3) is 0 Å². The van der Waals surface area contributed by atoms with Crippen LogP contribution in [-0.2, 0) is 9.53 Å². The molecule has 0 saturated heterocycles. The summed E-state index contributed by atoms with van der Waals surface area (Å²) in [5.74, 6) is 1.26. The van der Waals surface area contributed by atoms with Crippen LogP contribution in [0, 0.1) is 12.3 Å². The third-order valence-corrected chi connectivity index (χ3v) is 4.74. The van der Waals surface area contributed by atoms with E-state index in [4.69, 9.17) is 10.5 Å². The SMILES string of the molecule is COC(=O)CC1(CSc2ncnc(N)c2C)CC1. The van der Waals surface area contributed by atoms with Crippen LogP contribution in [0.1, 0.15) is 24.8 Å². The summed E-state index contributed by atoms with van der Waals surface area (Å²) in [5, 5.41) is 0.902. The molecule has 0 spiro atoms. The summed E-state index contributed by atoms with van der Waals surface area (Å²) in [6.45, 7) is 1.91. The third-order valence-electron chi connectivity index (χ3n) is 3.30. The lowest BCUT2D eigenvalue weighted by atomic mass is 10.1. The van der Waals surface area contributed by atoms with Crippen LogP contribution in [0.2, 0.25) is 0 Å². The standard InChI is InChI=1S/C12H17N3O2S/c1-8-10(13)14-7-15-11(8)18-6-12(3-4-12)5-9(16)17-2/h7H,3-6H2,1-2H3,(H2,13,14,15). The van der Waals surface area contributed by atoms with E-state index in [0.29, 0.717) is 12.2 Å². The zero-order chi connectivity index (χ0) is 13.2. The number of rotatable bonds is 5. The van der Waals surface area contributed by atoms with E-state index in [1.165, 1.54) is 13.4 Å². The van der Waals surface area contributed by atoms with E-state index in [1.807, 2.05) is 6.92 Å². The van der Waals surface area contributed by atoms with Gasteiger partial charge in [-0.15, -0.1) is 11.8 Å². The maximum atomic E-state index is 11.3. The summed E-state index contributed by atoms with van der Waals surface area (Å²) in [6, 6.07) is 0. The van der Waals surface area contributed by atoms with E-state index in [2.05, 4.69) is 9.97 Å². The van der Waals surface area contributed by atoms with Crippen LogP contribution >= 0.6 is 11.8 Å². The fourth-order valence-electron chi connectivity index (χ4n) is 1.74. The van der Waals surface area contributed by atoms with Gasteiger partial charge < -0.3 is 10.5 Å². The average Bonchev–Trinajstić information content (AvgIpc) is 3.11. The molecule has 1 aliphatic rings. The van der Waals surface area contributed by atoms with Crippen molar-refractivity contribution >= 4 is 23.5 Å². The van der Waals surface area contributed by atoms with E-state index in [9.17, 15) is 4.79 Å². The number of thioether (sulfide) groups is 1. The zero-order valence-corrected chi connectivity index (χ0v) is 11.4. The van der Waals surface area contributed by atoms with Crippen LogP contribution in [-0.4, -0.2) is 28.8 Å². The minimum Gasteiger partial charge on any atom is -0.469 e. The monoisotopic (exact) mass is 267 g/mol. The van der Waals surface area contributed by atoms with Crippen molar-refractivity contribution in [2.75, 3.05) is 18.6 Å². The minimum absolute atomic E-state index is 0.101. The number of anilines is 1. The lowest BCUT2D eigenvalue weighted by Gasteiger charge is -2.13. The van der Waals surface area contributed by atoms with Crippen LogP contribution in [0.3, 0.4) is 0 Å². The lowest BCUT2D eigenvalue weighted by molar-refractivity contribution is -0.141. The highest BCUT2D eigenvalue weighted by molar-refractivity contribution is 7.99. The van der Waals surface area contributed by atoms with Crippen LogP contribution < -0.4 is 5.73 Å². The molecule has 6 heteroatoms. The fourth-order valence-corrected chi connectivity index (χ4v) is 3.02. The number of carbonyl (C=O) groups is 1. The average molecular weight is 267 g/mol. The van der Waals surface area contributed by atoms with Crippen molar-refractivity contribution in [2.45, 2.75) is 31.2 Å². The second kappa shape index (κ2) is 5.14. The number of carbonyl (C=O) groups excluding carboxylic acids is 1. The van der Waals surface area contributed by atoms with Crippen molar-refractivity contribution in [3.63, 3.8) is 0 Å². The maximum absolute atomic E-state index is 11.3. The van der Waals surface area contributed by atoms with E-state index in [1.54, 1.807) is 11.8 Å². The van der Waals surface area contributed by atoms with Crippen LogP contribution in [0.4, 0.5) is 5.82 Å². The Morgan fingerprint density at radius 1 is 1.56 bits per heavy atom. The normalized spacial score (nSPS) is 16.3. The fraction of sp³-hybridized carbons (Fsp3) is 0.583. The van der Waals surface area contributed by atoms with Crippen molar-refractivity contribution in [3.05, 3.63) is 11.9 Å². The van der Waals surface area contributed by atoms with E-state index in [-0.39, 0.29) is 11.4 Å². The first-order valence-electron chi connectivity index (χ1n) is 5.83. The highest BCUT2D eigenvalue weighted by Crippen LogP contribution is 2.52. The van der Waals surface area contributed by atoms with E-state index in [0.717, 1.165) is 29.2 Å². The predicted octanol–water partition coefficient (Wildman–Crippen LogP) is 1.80. The Morgan fingerprint density at radius 3 is 2.89 bits per heavy atom. The molecule has 0 unspecified atom stereocenters. The van der Waals surface area contributed by atoms with Gasteiger partial charge in [0.05, 0.1) is 13.5 Å². The quantitative estimate of drug-likeness (QED) is 0.498. The van der Waals surface area contributed by atoms with Gasteiger partial charge in [-0.25, -0.2) is 9.97 Å². The Kier molecular flexibility index (Phi) is 3.75. The summed E-state index contributed by atoms with van der Waals surface area (Å²) in [7, 11) is 1.43. The summed E-state index contributed by atoms with van der Waals surface area (Å²) in [5.41, 5.74) is 6.75. The van der Waals surface area contributed by atoms with E-state index < -0.39 is 0 Å². The molecule has 1 aromatic heterocycles. The summed E-state index contributed by atoms with van der Waals surface area (Å²) >= 11 is 1.64. The predicted molar refractivity (Wildman–Crippen MR) is 70.2 cm³/mol. The van der Waals surface area contributed by atoms with Crippen LogP contribution in [0.5, 0.6) is 0 Å². The van der Waals surface area contributed by atoms with Gasteiger partial charge in [-0.3, -0.25) is 4.79 Å². The first kappa shape index (κ1) is 13.1. The molecule has 1 saturated carbocycles. The molecular weight excluding hydrogens is 250 g/mol. The number of esters is 1. The summed E-state index contributed by atoms with van der Waals surface area (Å²) in [6.07, 6.45) is 4.13. The van der Waals surface area contributed by atoms with Gasteiger partial charge in [-0.05, 0) is 25.2 Å². The molecule has 0 atom stereocenters. The molecule has 0 aromatic carbocycles. The third kappa shape index (κ3) is 2.93. The van der Waals surface area contributed by atoms with Crippen molar-refractivity contribution in [1.82, 2.24) is 9.97 Å². The molecule has 1 heterocycles. The molecule has 0 amide bonds. The second-order valence-electron chi connectivity index (χ2n) is 4.73. The molecule has 2 N–H and O–H groups in total. The first-order chi connectivity index (χ1) is 8.56. The van der Waals surface area contributed by atoms with Gasteiger partial charge in [0.2, 0.25) is 0 Å². The molecule has 0 bridgehead atoms. The van der Waals surface area contributed by atoms with Gasteiger partial charge in [0.1, 0.15) is 17.2 Å². The molecule has 1 aromatic rings. The van der Waals surface area contributed by atoms with Gasteiger partial charge in [0, 0.05) is 11.3 Å². The largest absolute Gasteiger partial charge is 0.469 e. The van der Waals surface area contributed by atoms with Crippen molar-refractivity contribution in [3.8, 4) is 0 Å². The molecule has 2 rings (SSSR count). The van der Waals surface area contributed by atoms with Gasteiger partial charge in [0.15, 0.2) is 0 Å². The molecule has 0 aliphatic heterocycles. The number of hydrogen-bond donors (Lipinski definition) is 1. The zero-order valence-electron chi connectivity index (χ0n) is 10.6. The lowest BCUT2D eigenvalue weighted by Crippen LogP contribution is -2.13. The number of nitrogens with two attached hydrogens (primary N) is 1. The molecule has 18 heavy (non-hydrogen) atoms. The molecule has 0 radical (unpaired) electrons.